The molecule has 0 aliphatic heterocycles. The van der Waals surface area contributed by atoms with Gasteiger partial charge in [-0.2, -0.15) is 0 Å². The zero-order chi connectivity index (χ0) is 24.6. The molecule has 4 unspecified atom stereocenters. The lowest BCUT2D eigenvalue weighted by Gasteiger charge is -2.51. The van der Waals surface area contributed by atoms with Gasteiger partial charge in [0, 0.05) is 11.8 Å². The lowest BCUT2D eigenvalue weighted by atomic mass is 9.53. The van der Waals surface area contributed by atoms with Gasteiger partial charge in [0.05, 0.1) is 0 Å². The van der Waals surface area contributed by atoms with E-state index in [1.807, 2.05) is 0 Å². The Hall–Kier alpha value is -3.90. The molecule has 0 spiro atoms. The fourth-order valence-electron chi connectivity index (χ4n) is 8.70. The van der Waals surface area contributed by atoms with Gasteiger partial charge < -0.3 is 0 Å². The number of aryl methyl sites for hydroxylation is 1. The van der Waals surface area contributed by atoms with Crippen LogP contribution in [-0.4, -0.2) is 0 Å². The summed E-state index contributed by atoms with van der Waals surface area (Å²) in [5.74, 6) is 2.01. The fourth-order valence-corrected chi connectivity index (χ4v) is 8.70. The predicted molar refractivity (Wildman–Crippen MR) is 158 cm³/mol. The molecule has 4 atom stereocenters. The van der Waals surface area contributed by atoms with Crippen molar-refractivity contribution in [1.82, 2.24) is 0 Å². The van der Waals surface area contributed by atoms with Crippen LogP contribution in [0.3, 0.4) is 0 Å². The average Bonchev–Trinajstić information content (AvgIpc) is 2.94. The van der Waals surface area contributed by atoms with Crippen molar-refractivity contribution in [3.05, 3.63) is 124 Å². The maximum atomic E-state index is 4.64. The lowest BCUT2D eigenvalue weighted by molar-refractivity contribution is 0.322. The minimum absolute atomic E-state index is 0.408. The van der Waals surface area contributed by atoms with Crippen LogP contribution >= 0.6 is 0 Å². The van der Waals surface area contributed by atoms with Crippen LogP contribution in [0.1, 0.15) is 52.5 Å². The first-order valence-corrected chi connectivity index (χ1v) is 13.7. The molecule has 176 valence electrons. The van der Waals surface area contributed by atoms with E-state index in [-0.39, 0.29) is 0 Å². The van der Waals surface area contributed by atoms with Gasteiger partial charge in [-0.05, 0) is 103 Å². The van der Waals surface area contributed by atoms with Gasteiger partial charge in [-0.15, -0.1) is 0 Å². The highest BCUT2D eigenvalue weighted by molar-refractivity contribution is 6.25. The summed E-state index contributed by atoms with van der Waals surface area (Å²) >= 11 is 0. The normalized spacial score (nSPS) is 25.2. The van der Waals surface area contributed by atoms with Crippen molar-refractivity contribution in [3.63, 3.8) is 0 Å². The Morgan fingerprint density at radius 2 is 1.57 bits per heavy atom. The Bertz CT molecular complexity index is 2000. The maximum absolute atomic E-state index is 4.64. The Labute approximate surface area is 217 Å². The summed E-state index contributed by atoms with van der Waals surface area (Å²) in [6.07, 6.45) is 7.39. The summed E-state index contributed by atoms with van der Waals surface area (Å²) in [5, 5.41) is 9.35. The first-order valence-electron chi connectivity index (χ1n) is 13.7. The van der Waals surface area contributed by atoms with Crippen LogP contribution in [0.4, 0.5) is 0 Å². The van der Waals surface area contributed by atoms with Crippen molar-refractivity contribution in [1.29, 1.82) is 0 Å². The van der Waals surface area contributed by atoms with Crippen LogP contribution in [0.25, 0.3) is 50.0 Å². The van der Waals surface area contributed by atoms with Gasteiger partial charge in [-0.1, -0.05) is 103 Å². The lowest BCUT2D eigenvalue weighted by Crippen LogP contribution is -2.37. The second kappa shape index (κ2) is 6.69. The zero-order valence-corrected chi connectivity index (χ0v) is 21.1. The number of benzene rings is 5. The van der Waals surface area contributed by atoms with Crippen molar-refractivity contribution >= 4 is 50.0 Å². The quantitative estimate of drug-likeness (QED) is 0.156. The Kier molecular flexibility index (Phi) is 3.65. The monoisotopic (exact) mass is 472 g/mol. The number of hydrogen-bond acceptors (Lipinski definition) is 0. The van der Waals surface area contributed by atoms with E-state index in [1.54, 1.807) is 5.57 Å². The average molecular weight is 473 g/mol. The zero-order valence-electron chi connectivity index (χ0n) is 21.1. The maximum Gasteiger partial charge on any atom is 0.00934 e. The minimum atomic E-state index is 0.408. The molecule has 0 saturated heterocycles. The topological polar surface area (TPSA) is 0 Å². The van der Waals surface area contributed by atoms with E-state index in [0.29, 0.717) is 23.7 Å². The molecule has 0 heterocycles. The van der Waals surface area contributed by atoms with Gasteiger partial charge in [0.15, 0.2) is 0 Å². The molecule has 37 heavy (non-hydrogen) atoms. The number of fused-ring (bicyclic) bond motifs is 6. The van der Waals surface area contributed by atoms with Crippen LogP contribution < -0.4 is 5.22 Å². The Morgan fingerprint density at radius 1 is 0.730 bits per heavy atom. The van der Waals surface area contributed by atoms with Gasteiger partial charge in [-0.3, -0.25) is 0 Å². The van der Waals surface area contributed by atoms with Crippen LogP contribution in [-0.2, 0) is 0 Å². The molecule has 4 aliphatic carbocycles. The third kappa shape index (κ3) is 2.31. The van der Waals surface area contributed by atoms with Crippen molar-refractivity contribution in [2.45, 2.75) is 31.6 Å². The molecule has 0 aromatic heterocycles. The molecule has 0 nitrogen and oxygen atoms in total. The molecule has 0 N–H and O–H groups in total. The predicted octanol–water partition coefficient (Wildman–Crippen LogP) is 8.84. The summed E-state index contributed by atoms with van der Waals surface area (Å²) in [6.45, 7) is 11.4. The van der Waals surface area contributed by atoms with Crippen molar-refractivity contribution in [2.75, 3.05) is 0 Å². The highest BCUT2D eigenvalue weighted by atomic mass is 14.5. The molecule has 0 bridgehead atoms. The fraction of sp³-hybridized carbons (Fsp3) is 0.189. The van der Waals surface area contributed by atoms with Gasteiger partial charge in [0.2, 0.25) is 0 Å². The summed E-state index contributed by atoms with van der Waals surface area (Å²) in [5.41, 5.74) is 11.6. The second-order valence-corrected chi connectivity index (χ2v) is 11.8. The summed E-state index contributed by atoms with van der Waals surface area (Å²) in [6, 6.07) is 25.5. The van der Waals surface area contributed by atoms with Crippen molar-refractivity contribution in [3.8, 4) is 0 Å². The molecule has 5 aromatic carbocycles. The largest absolute Gasteiger partial charge is 0.0946 e. The highest BCUT2D eigenvalue weighted by Crippen LogP contribution is 2.63. The first-order chi connectivity index (χ1) is 18.1. The summed E-state index contributed by atoms with van der Waals surface area (Å²) in [4.78, 5) is 0. The van der Waals surface area contributed by atoms with Crippen molar-refractivity contribution in [2.24, 2.45) is 11.8 Å². The van der Waals surface area contributed by atoms with Crippen LogP contribution in [0, 0.1) is 18.8 Å². The van der Waals surface area contributed by atoms with E-state index in [1.165, 1.54) is 84.1 Å². The molecule has 1 saturated carbocycles. The SMILES string of the molecule is C=C1c2ccccc2C2CCC3C4=C(C=CC1C42)c1ccc2c(=C)c4cc(C)ccc4c4ccc3c1c24. The number of allylic oxidation sites excluding steroid dienone is 5. The first kappa shape index (κ1) is 20.2. The third-order valence-corrected chi connectivity index (χ3v) is 10.2. The highest BCUT2D eigenvalue weighted by Gasteiger charge is 2.48. The van der Waals surface area contributed by atoms with Crippen molar-refractivity contribution < 1.29 is 0 Å². The van der Waals surface area contributed by atoms with Gasteiger partial charge in [0.25, 0.3) is 0 Å². The van der Waals surface area contributed by atoms with E-state index >= 15 is 0 Å². The van der Waals surface area contributed by atoms with E-state index in [4.69, 9.17) is 0 Å². The molecular formula is C37H28. The molecule has 4 aliphatic rings. The standard InChI is InChI=1S/C37H28/c1-19-8-9-26-28-15-17-32-31-16-14-27-25-7-5-4-6-22(25)20(2)23-10-12-29(36(31)34(23)27)30-13-11-24(35(28)37(30)32)21(3)33(26)18-19/h4-13,15,17-18,23,27,31,34H,2-3,14,16H2,1H3. The van der Waals surface area contributed by atoms with Crippen LogP contribution in [0.5, 0.6) is 0 Å². The second-order valence-electron chi connectivity index (χ2n) is 11.8. The van der Waals surface area contributed by atoms with Crippen LogP contribution in [0.2, 0.25) is 0 Å². The molecule has 9 rings (SSSR count). The van der Waals surface area contributed by atoms with Gasteiger partial charge >= 0.3 is 0 Å². The van der Waals surface area contributed by atoms with Gasteiger partial charge in [0.1, 0.15) is 0 Å². The summed E-state index contributed by atoms with van der Waals surface area (Å²) < 4.78 is 0. The molecule has 5 aromatic rings. The Morgan fingerprint density at radius 3 is 2.49 bits per heavy atom. The number of rotatable bonds is 0. The molecule has 0 radical (unpaired) electrons. The van der Waals surface area contributed by atoms with Crippen LogP contribution in [0.15, 0.2) is 91.0 Å². The Balaban J connectivity index is 1.38. The molecule has 0 amide bonds. The molecule has 1 fully saturated rings. The number of hydrogen-bond donors (Lipinski definition) is 0. The van der Waals surface area contributed by atoms with E-state index in [9.17, 15) is 0 Å². The molecule has 0 heteroatoms. The van der Waals surface area contributed by atoms with E-state index < -0.39 is 0 Å². The van der Waals surface area contributed by atoms with Gasteiger partial charge in [-0.25, -0.2) is 0 Å². The molecular weight excluding hydrogens is 444 g/mol. The summed E-state index contributed by atoms with van der Waals surface area (Å²) in [7, 11) is 0. The smallest absolute Gasteiger partial charge is 0.00934 e. The van der Waals surface area contributed by atoms with E-state index in [2.05, 4.69) is 99.0 Å². The third-order valence-electron chi connectivity index (χ3n) is 10.2. The van der Waals surface area contributed by atoms with E-state index in [0.717, 1.165) is 5.22 Å². The minimum Gasteiger partial charge on any atom is -0.0946 e.